The molecule has 1 N–H and O–H groups in total. The smallest absolute Gasteiger partial charge is 0.244 e. The van der Waals surface area contributed by atoms with Gasteiger partial charge in [0.15, 0.2) is 11.5 Å². The molecule has 2 amide bonds. The molecule has 0 unspecified atom stereocenters. The minimum atomic E-state index is -3.94. The molecule has 0 saturated heterocycles. The van der Waals surface area contributed by atoms with Gasteiger partial charge in [0.1, 0.15) is 12.6 Å². The quantitative estimate of drug-likeness (QED) is 0.270. The number of benzene rings is 3. The molecule has 0 spiro atoms. The van der Waals surface area contributed by atoms with Crippen molar-refractivity contribution >= 4 is 50.7 Å². The summed E-state index contributed by atoms with van der Waals surface area (Å²) in [5.74, 6) is -0.222. The van der Waals surface area contributed by atoms with Crippen molar-refractivity contribution in [1.29, 1.82) is 0 Å². The van der Waals surface area contributed by atoms with E-state index in [0.717, 1.165) is 9.87 Å². The predicted octanol–water partition coefficient (Wildman–Crippen LogP) is 5.29. The van der Waals surface area contributed by atoms with E-state index < -0.39 is 28.5 Å². The summed E-state index contributed by atoms with van der Waals surface area (Å²) in [7, 11) is -3.94. The molecule has 1 aliphatic rings. The fourth-order valence-corrected chi connectivity index (χ4v) is 6.16. The van der Waals surface area contributed by atoms with Gasteiger partial charge in [-0.3, -0.25) is 13.9 Å². The van der Waals surface area contributed by atoms with Crippen molar-refractivity contribution in [3.8, 4) is 11.5 Å². The highest BCUT2D eigenvalue weighted by atomic mass is 35.5. The lowest BCUT2D eigenvalue weighted by Crippen LogP contribution is -2.54. The van der Waals surface area contributed by atoms with E-state index in [1.807, 2.05) is 44.2 Å². The van der Waals surface area contributed by atoms with E-state index in [1.54, 1.807) is 30.3 Å². The SMILES string of the molecule is CCS(=O)(=O)N(CC(=O)N(Cc1c(Cl)cccc1Cl)[C@H](Cc1ccccc1)C(=O)NCC(C)C)c1ccc2c(c1)OCO2. The van der Waals surface area contributed by atoms with Crippen molar-refractivity contribution in [3.63, 3.8) is 0 Å². The molecule has 1 heterocycles. The Kier molecular flexibility index (Phi) is 10.8. The molecule has 4 rings (SSSR count). The van der Waals surface area contributed by atoms with Crippen LogP contribution >= 0.6 is 23.2 Å². The van der Waals surface area contributed by atoms with Crippen LogP contribution in [0.5, 0.6) is 11.5 Å². The number of anilines is 1. The second-order valence-electron chi connectivity index (χ2n) is 10.5. The molecule has 230 valence electrons. The monoisotopic (exact) mass is 647 g/mol. The van der Waals surface area contributed by atoms with Gasteiger partial charge in [0.25, 0.3) is 0 Å². The topological polar surface area (TPSA) is 105 Å². The number of hydrogen-bond donors (Lipinski definition) is 1. The van der Waals surface area contributed by atoms with Gasteiger partial charge in [0.2, 0.25) is 28.6 Å². The molecule has 12 heteroatoms. The van der Waals surface area contributed by atoms with E-state index >= 15 is 0 Å². The number of carbonyl (C=O) groups is 2. The first-order valence-electron chi connectivity index (χ1n) is 13.9. The molecule has 0 saturated carbocycles. The van der Waals surface area contributed by atoms with Gasteiger partial charge in [-0.2, -0.15) is 0 Å². The van der Waals surface area contributed by atoms with Crippen LogP contribution in [0.4, 0.5) is 5.69 Å². The van der Waals surface area contributed by atoms with Crippen molar-refractivity contribution in [2.24, 2.45) is 5.92 Å². The standard InChI is InChI=1S/C31H35Cl2N3O6S/c1-4-43(39,40)36(23-13-14-28-29(16-23)42-20-41-28)19-30(37)35(18-24-25(32)11-8-12-26(24)33)27(31(38)34-17-21(2)3)15-22-9-6-5-7-10-22/h5-14,16,21,27H,4,15,17-20H2,1-3H3,(H,34,38)/t27-/m1/s1. The molecule has 0 radical (unpaired) electrons. The van der Waals surface area contributed by atoms with Gasteiger partial charge in [-0.15, -0.1) is 0 Å². The maximum atomic E-state index is 14.3. The Labute approximate surface area is 262 Å². The molecule has 1 aliphatic heterocycles. The normalized spacial score (nSPS) is 13.1. The lowest BCUT2D eigenvalue weighted by Gasteiger charge is -2.34. The number of amides is 2. The van der Waals surface area contributed by atoms with Crippen LogP contribution in [0.1, 0.15) is 31.9 Å². The molecule has 0 aliphatic carbocycles. The predicted molar refractivity (Wildman–Crippen MR) is 168 cm³/mol. The summed E-state index contributed by atoms with van der Waals surface area (Å²) in [6, 6.07) is 18.0. The number of hydrogen-bond acceptors (Lipinski definition) is 6. The number of halogens is 2. The average molecular weight is 649 g/mol. The Morgan fingerprint density at radius 2 is 1.63 bits per heavy atom. The van der Waals surface area contributed by atoms with Gasteiger partial charge >= 0.3 is 0 Å². The van der Waals surface area contributed by atoms with Crippen LogP contribution in [0.15, 0.2) is 66.7 Å². The molecule has 3 aromatic rings. The van der Waals surface area contributed by atoms with Gasteiger partial charge in [0, 0.05) is 41.2 Å². The number of nitrogens with zero attached hydrogens (tertiary/aromatic N) is 2. The molecule has 9 nitrogen and oxygen atoms in total. The molecule has 0 bridgehead atoms. The van der Waals surface area contributed by atoms with Crippen molar-refractivity contribution in [3.05, 3.63) is 87.9 Å². The summed E-state index contributed by atoms with van der Waals surface area (Å²) in [5.41, 5.74) is 1.50. The lowest BCUT2D eigenvalue weighted by atomic mass is 10.0. The number of sulfonamides is 1. The van der Waals surface area contributed by atoms with Crippen LogP contribution in [0.25, 0.3) is 0 Å². The second kappa shape index (κ2) is 14.3. The Morgan fingerprint density at radius 3 is 2.28 bits per heavy atom. The van der Waals surface area contributed by atoms with E-state index in [-0.39, 0.29) is 43.0 Å². The van der Waals surface area contributed by atoms with Crippen LogP contribution in [0.2, 0.25) is 10.0 Å². The zero-order valence-corrected chi connectivity index (χ0v) is 26.6. The molecule has 0 aromatic heterocycles. The Morgan fingerprint density at radius 1 is 0.953 bits per heavy atom. The van der Waals surface area contributed by atoms with Gasteiger partial charge in [0.05, 0.1) is 11.4 Å². The third-order valence-electron chi connectivity index (χ3n) is 6.97. The number of fused-ring (bicyclic) bond motifs is 1. The van der Waals surface area contributed by atoms with Crippen LogP contribution in [-0.2, 0) is 32.6 Å². The van der Waals surface area contributed by atoms with Crippen molar-refractivity contribution < 1.29 is 27.5 Å². The van der Waals surface area contributed by atoms with Crippen molar-refractivity contribution in [2.45, 2.75) is 39.8 Å². The number of nitrogens with one attached hydrogen (secondary N) is 1. The third kappa shape index (κ3) is 8.13. The Balaban J connectivity index is 1.77. The molecule has 1 atom stereocenters. The molecular formula is C31H35Cl2N3O6S. The lowest BCUT2D eigenvalue weighted by molar-refractivity contribution is -0.140. The fraction of sp³-hybridized carbons (Fsp3) is 0.355. The highest BCUT2D eigenvalue weighted by molar-refractivity contribution is 7.92. The number of carbonyl (C=O) groups excluding carboxylic acids is 2. The minimum Gasteiger partial charge on any atom is -0.454 e. The maximum absolute atomic E-state index is 14.3. The summed E-state index contributed by atoms with van der Waals surface area (Å²) in [6.07, 6.45) is 0.184. The van der Waals surface area contributed by atoms with Gasteiger partial charge in [-0.05, 0) is 42.7 Å². The van der Waals surface area contributed by atoms with Crippen LogP contribution in [0, 0.1) is 5.92 Å². The highest BCUT2D eigenvalue weighted by Crippen LogP contribution is 2.36. The van der Waals surface area contributed by atoms with Crippen molar-refractivity contribution in [1.82, 2.24) is 10.2 Å². The molecule has 0 fully saturated rings. The number of ether oxygens (including phenoxy) is 2. The summed E-state index contributed by atoms with van der Waals surface area (Å²) in [4.78, 5) is 29.4. The maximum Gasteiger partial charge on any atom is 0.244 e. The summed E-state index contributed by atoms with van der Waals surface area (Å²) in [5, 5.41) is 3.59. The van der Waals surface area contributed by atoms with E-state index in [2.05, 4.69) is 5.32 Å². The first-order chi connectivity index (χ1) is 20.5. The largest absolute Gasteiger partial charge is 0.454 e. The first-order valence-corrected chi connectivity index (χ1v) is 16.3. The van der Waals surface area contributed by atoms with Gasteiger partial charge < -0.3 is 19.7 Å². The third-order valence-corrected chi connectivity index (χ3v) is 9.42. The first kappa shape index (κ1) is 32.4. The zero-order valence-electron chi connectivity index (χ0n) is 24.3. The highest BCUT2D eigenvalue weighted by Gasteiger charge is 2.34. The summed E-state index contributed by atoms with van der Waals surface area (Å²) in [6.45, 7) is 5.16. The van der Waals surface area contributed by atoms with Crippen LogP contribution in [0.3, 0.4) is 0 Å². The van der Waals surface area contributed by atoms with Crippen LogP contribution < -0.4 is 19.1 Å². The Bertz CT molecular complexity index is 1530. The number of rotatable bonds is 13. The second-order valence-corrected chi connectivity index (χ2v) is 13.5. The van der Waals surface area contributed by atoms with E-state index in [1.165, 1.54) is 17.9 Å². The molecule has 43 heavy (non-hydrogen) atoms. The zero-order chi connectivity index (χ0) is 31.1. The Hall–Kier alpha value is -3.47. The van der Waals surface area contributed by atoms with E-state index in [4.69, 9.17) is 32.7 Å². The van der Waals surface area contributed by atoms with Crippen LogP contribution in [-0.4, -0.2) is 56.8 Å². The minimum absolute atomic E-state index is 0.0112. The van der Waals surface area contributed by atoms with E-state index in [0.29, 0.717) is 33.7 Å². The van der Waals surface area contributed by atoms with E-state index in [9.17, 15) is 18.0 Å². The summed E-state index contributed by atoms with van der Waals surface area (Å²) < 4.78 is 38.6. The molecule has 3 aromatic carbocycles. The fourth-order valence-electron chi connectivity index (χ4n) is 4.59. The summed E-state index contributed by atoms with van der Waals surface area (Å²) >= 11 is 13.0. The molecular weight excluding hydrogens is 613 g/mol. The van der Waals surface area contributed by atoms with Gasteiger partial charge in [-0.25, -0.2) is 8.42 Å². The van der Waals surface area contributed by atoms with Gasteiger partial charge in [-0.1, -0.05) is 73.4 Å². The average Bonchev–Trinajstić information content (AvgIpc) is 3.46. The van der Waals surface area contributed by atoms with Crippen molar-refractivity contribution in [2.75, 3.05) is 29.9 Å².